The third-order valence-electron chi connectivity index (χ3n) is 5.87. The molecule has 0 spiro atoms. The van der Waals surface area contributed by atoms with Crippen molar-refractivity contribution in [2.75, 3.05) is 12.4 Å². The number of carbonyl (C=O) groups is 1. The number of carbonyl (C=O) groups excluding carboxylic acids is 1. The highest BCUT2D eigenvalue weighted by molar-refractivity contribution is 6.31. The van der Waals surface area contributed by atoms with E-state index >= 15 is 0 Å². The summed E-state index contributed by atoms with van der Waals surface area (Å²) in [5.41, 5.74) is 2.50. The van der Waals surface area contributed by atoms with Gasteiger partial charge in [-0.25, -0.2) is 0 Å². The lowest BCUT2D eigenvalue weighted by Gasteiger charge is -2.21. The second-order valence-electron chi connectivity index (χ2n) is 7.78. The highest BCUT2D eigenvalue weighted by Crippen LogP contribution is 2.31. The normalized spacial score (nSPS) is 12.0. The van der Waals surface area contributed by atoms with Crippen molar-refractivity contribution in [3.63, 3.8) is 0 Å². The van der Waals surface area contributed by atoms with Gasteiger partial charge in [-0.2, -0.15) is 9.78 Å². The van der Waals surface area contributed by atoms with Crippen molar-refractivity contribution in [1.82, 2.24) is 14.3 Å². The Labute approximate surface area is 196 Å². The molecule has 0 saturated carbocycles. The molecule has 1 amide bonds. The van der Waals surface area contributed by atoms with E-state index in [0.717, 1.165) is 16.8 Å². The Balaban J connectivity index is 1.80. The van der Waals surface area contributed by atoms with Crippen molar-refractivity contribution < 1.29 is 9.53 Å². The first kappa shape index (κ1) is 22.6. The first-order valence-corrected chi connectivity index (χ1v) is 11.0. The number of hydrogen-bond acceptors (Lipinski definition) is 4. The van der Waals surface area contributed by atoms with Crippen LogP contribution in [0.1, 0.15) is 30.8 Å². The van der Waals surface area contributed by atoms with Crippen LogP contribution in [0.15, 0.2) is 59.5 Å². The molecule has 2 aromatic carbocycles. The monoisotopic (exact) mass is 464 g/mol. The predicted molar refractivity (Wildman–Crippen MR) is 131 cm³/mol. The van der Waals surface area contributed by atoms with Gasteiger partial charge in [0.1, 0.15) is 11.8 Å². The summed E-state index contributed by atoms with van der Waals surface area (Å²) in [6, 6.07) is 13.8. The van der Waals surface area contributed by atoms with Gasteiger partial charge in [-0.05, 0) is 50.6 Å². The molecule has 4 rings (SSSR count). The van der Waals surface area contributed by atoms with Crippen molar-refractivity contribution in [2.45, 2.75) is 33.2 Å². The Hall–Kier alpha value is -3.58. The Bertz CT molecular complexity index is 1390. The van der Waals surface area contributed by atoms with Crippen molar-refractivity contribution in [3.8, 4) is 11.4 Å². The van der Waals surface area contributed by atoms with Crippen molar-refractivity contribution in [1.29, 1.82) is 0 Å². The third-order valence-corrected chi connectivity index (χ3v) is 6.11. The molecule has 1 atom stereocenters. The molecule has 1 N–H and O–H groups in total. The Kier molecular flexibility index (Phi) is 6.24. The van der Waals surface area contributed by atoms with Crippen molar-refractivity contribution in [3.05, 3.63) is 81.5 Å². The number of amides is 1. The van der Waals surface area contributed by atoms with Gasteiger partial charge >= 0.3 is 0 Å². The summed E-state index contributed by atoms with van der Waals surface area (Å²) in [6.07, 6.45) is 2.21. The van der Waals surface area contributed by atoms with Gasteiger partial charge in [-0.1, -0.05) is 36.7 Å². The van der Waals surface area contributed by atoms with Crippen LogP contribution in [0.5, 0.6) is 5.75 Å². The largest absolute Gasteiger partial charge is 0.495 e. The number of fused-ring (bicyclic) bond motifs is 1. The van der Waals surface area contributed by atoms with E-state index in [-0.39, 0.29) is 11.5 Å². The minimum atomic E-state index is -0.536. The highest BCUT2D eigenvalue weighted by atomic mass is 35.5. The van der Waals surface area contributed by atoms with Gasteiger partial charge in [0.05, 0.1) is 30.1 Å². The van der Waals surface area contributed by atoms with E-state index in [1.165, 1.54) is 11.8 Å². The second kappa shape index (κ2) is 9.11. The fourth-order valence-corrected chi connectivity index (χ4v) is 4.45. The number of nitrogens with zero attached hydrogens (tertiary/aromatic N) is 3. The van der Waals surface area contributed by atoms with Gasteiger partial charge in [0.15, 0.2) is 0 Å². The predicted octanol–water partition coefficient (Wildman–Crippen LogP) is 5.06. The average molecular weight is 465 g/mol. The summed E-state index contributed by atoms with van der Waals surface area (Å²) in [5.74, 6) is 0.296. The van der Waals surface area contributed by atoms with Gasteiger partial charge in [0.2, 0.25) is 5.91 Å². The number of para-hydroxylation sites is 1. The first-order valence-electron chi connectivity index (χ1n) is 10.7. The van der Waals surface area contributed by atoms with E-state index in [1.54, 1.807) is 24.4 Å². The maximum Gasteiger partial charge on any atom is 0.281 e. The van der Waals surface area contributed by atoms with E-state index in [4.69, 9.17) is 16.3 Å². The number of methoxy groups -OCH3 is 1. The molecular formula is C25H25ClN4O3. The number of rotatable bonds is 6. The van der Waals surface area contributed by atoms with E-state index < -0.39 is 6.04 Å². The zero-order valence-corrected chi connectivity index (χ0v) is 19.7. The molecule has 7 nitrogen and oxygen atoms in total. The molecule has 33 heavy (non-hydrogen) atoms. The third kappa shape index (κ3) is 4.00. The molecule has 2 aromatic heterocycles. The summed E-state index contributed by atoms with van der Waals surface area (Å²) in [4.78, 5) is 26.7. The quantitative estimate of drug-likeness (QED) is 0.433. The molecule has 0 unspecified atom stereocenters. The number of aromatic nitrogens is 3. The van der Waals surface area contributed by atoms with Gasteiger partial charge in [-0.3, -0.25) is 9.59 Å². The Morgan fingerprint density at radius 3 is 2.55 bits per heavy atom. The number of halogens is 1. The Morgan fingerprint density at radius 1 is 1.15 bits per heavy atom. The smallest absolute Gasteiger partial charge is 0.281 e. The SMILES string of the molecule is CC[C@H](C(=O)Nc1cc(Cl)ccc1OC)n1c(C)c2cnn(-c3ccccc3)c(=O)c2c1C. The second-order valence-corrected chi connectivity index (χ2v) is 8.22. The summed E-state index contributed by atoms with van der Waals surface area (Å²) in [6.45, 7) is 5.70. The maximum absolute atomic E-state index is 13.4. The number of ether oxygens (including phenoxy) is 1. The summed E-state index contributed by atoms with van der Waals surface area (Å²) in [5, 5.41) is 9.09. The van der Waals surface area contributed by atoms with Crippen LogP contribution in [0.3, 0.4) is 0 Å². The molecule has 4 aromatic rings. The van der Waals surface area contributed by atoms with Gasteiger partial charge < -0.3 is 14.6 Å². The van der Waals surface area contributed by atoms with Crippen LogP contribution in [-0.2, 0) is 4.79 Å². The van der Waals surface area contributed by atoms with Crippen LogP contribution in [0.4, 0.5) is 5.69 Å². The molecule has 2 heterocycles. The van der Waals surface area contributed by atoms with E-state index in [2.05, 4.69) is 10.4 Å². The highest BCUT2D eigenvalue weighted by Gasteiger charge is 2.26. The minimum absolute atomic E-state index is 0.218. The lowest BCUT2D eigenvalue weighted by atomic mass is 10.1. The molecule has 0 aliphatic heterocycles. The minimum Gasteiger partial charge on any atom is -0.495 e. The number of hydrogen-bond donors (Lipinski definition) is 1. The average Bonchev–Trinajstić information content (AvgIpc) is 3.06. The van der Waals surface area contributed by atoms with E-state index in [1.807, 2.05) is 55.7 Å². The molecule has 0 radical (unpaired) electrons. The summed E-state index contributed by atoms with van der Waals surface area (Å²) in [7, 11) is 1.54. The van der Waals surface area contributed by atoms with Crippen LogP contribution in [0.25, 0.3) is 16.5 Å². The molecule has 0 saturated heterocycles. The fourth-order valence-electron chi connectivity index (χ4n) is 4.28. The Morgan fingerprint density at radius 2 is 1.88 bits per heavy atom. The summed E-state index contributed by atoms with van der Waals surface area (Å²) < 4.78 is 8.65. The molecule has 0 aliphatic rings. The fraction of sp³-hybridized carbons (Fsp3) is 0.240. The molecule has 170 valence electrons. The lowest BCUT2D eigenvalue weighted by molar-refractivity contribution is -0.119. The van der Waals surface area contributed by atoms with Crippen LogP contribution >= 0.6 is 11.6 Å². The van der Waals surface area contributed by atoms with Crippen LogP contribution in [0.2, 0.25) is 5.02 Å². The first-order chi connectivity index (χ1) is 15.9. The number of nitrogens with one attached hydrogen (secondary N) is 1. The topological polar surface area (TPSA) is 78.2 Å². The van der Waals surface area contributed by atoms with Crippen LogP contribution in [-0.4, -0.2) is 27.4 Å². The van der Waals surface area contributed by atoms with Gasteiger partial charge in [0, 0.05) is 21.8 Å². The lowest BCUT2D eigenvalue weighted by Crippen LogP contribution is -2.27. The van der Waals surface area contributed by atoms with Crippen molar-refractivity contribution >= 4 is 34.0 Å². The zero-order chi connectivity index (χ0) is 23.7. The molecule has 0 fully saturated rings. The van der Waals surface area contributed by atoms with Crippen molar-refractivity contribution in [2.24, 2.45) is 0 Å². The molecule has 0 aliphatic carbocycles. The van der Waals surface area contributed by atoms with E-state index in [9.17, 15) is 9.59 Å². The summed E-state index contributed by atoms with van der Waals surface area (Å²) >= 11 is 6.12. The molecule has 8 heteroatoms. The number of aryl methyl sites for hydroxylation is 2. The van der Waals surface area contributed by atoms with Crippen LogP contribution < -0.4 is 15.6 Å². The molecular weight excluding hydrogens is 440 g/mol. The number of anilines is 1. The maximum atomic E-state index is 13.4. The zero-order valence-electron chi connectivity index (χ0n) is 18.9. The van der Waals surface area contributed by atoms with Gasteiger partial charge in [0.25, 0.3) is 5.56 Å². The molecule has 0 bridgehead atoms. The van der Waals surface area contributed by atoms with Crippen LogP contribution in [0, 0.1) is 13.8 Å². The van der Waals surface area contributed by atoms with E-state index in [0.29, 0.717) is 34.0 Å². The standard InChI is InChI=1S/C25H25ClN4O3/c1-5-21(24(31)28-20-13-17(26)11-12-22(20)33-4)29-15(2)19-14-27-30(18-9-7-6-8-10-18)25(32)23(19)16(29)3/h6-14,21H,5H2,1-4H3,(H,28,31)/t21-/m1/s1. The number of benzene rings is 2. The van der Waals surface area contributed by atoms with Gasteiger partial charge in [-0.15, -0.1) is 0 Å².